The Bertz CT molecular complexity index is 697. The summed E-state index contributed by atoms with van der Waals surface area (Å²) in [7, 11) is 0. The lowest BCUT2D eigenvalue weighted by Crippen LogP contribution is -2.25. The third kappa shape index (κ3) is 2.94. The molecule has 1 aliphatic heterocycles. The fourth-order valence-electron chi connectivity index (χ4n) is 2.56. The van der Waals surface area contributed by atoms with Crippen LogP contribution in [0.5, 0.6) is 0 Å². The Balaban J connectivity index is 1.86. The van der Waals surface area contributed by atoms with Gasteiger partial charge in [0.2, 0.25) is 0 Å². The molecule has 0 aromatic heterocycles. The number of amides is 1. The van der Waals surface area contributed by atoms with Gasteiger partial charge in [-0.15, -0.1) is 0 Å². The second-order valence-corrected chi connectivity index (χ2v) is 5.70. The number of rotatable bonds is 2. The minimum absolute atomic E-state index is 0.129. The summed E-state index contributed by atoms with van der Waals surface area (Å²) in [4.78, 5) is 12.4. The minimum Gasteiger partial charge on any atom is -0.322 e. The third-order valence-corrected chi connectivity index (χ3v) is 4.24. The Hall–Kier alpha value is -1.84. The van der Waals surface area contributed by atoms with E-state index >= 15 is 0 Å². The van der Waals surface area contributed by atoms with Gasteiger partial charge in [-0.1, -0.05) is 29.8 Å². The predicted octanol–water partition coefficient (Wildman–Crippen LogP) is 3.55. The Labute approximate surface area is 129 Å². The zero-order valence-corrected chi connectivity index (χ0v) is 12.6. The number of aryl methyl sites for hydroxylation is 1. The second kappa shape index (κ2) is 5.88. The number of hydrogen-bond acceptors (Lipinski definition) is 2. The van der Waals surface area contributed by atoms with Crippen molar-refractivity contribution in [3.8, 4) is 0 Å². The maximum absolute atomic E-state index is 12.4. The Morgan fingerprint density at radius 3 is 2.95 bits per heavy atom. The van der Waals surface area contributed by atoms with Gasteiger partial charge in [0.25, 0.3) is 5.91 Å². The maximum atomic E-state index is 12.4. The molecule has 0 fully saturated rings. The highest BCUT2D eigenvalue weighted by atomic mass is 35.5. The van der Waals surface area contributed by atoms with Crippen molar-refractivity contribution in [3.63, 3.8) is 0 Å². The van der Waals surface area contributed by atoms with Crippen molar-refractivity contribution in [2.75, 3.05) is 11.9 Å². The first-order chi connectivity index (χ1) is 10.1. The highest BCUT2D eigenvalue weighted by molar-refractivity contribution is 6.31. The van der Waals surface area contributed by atoms with Crippen LogP contribution in [0.3, 0.4) is 0 Å². The first-order valence-corrected chi connectivity index (χ1v) is 7.42. The molecular formula is C17H17ClN2O. The molecule has 108 valence electrons. The van der Waals surface area contributed by atoms with Gasteiger partial charge in [0.05, 0.1) is 0 Å². The zero-order valence-electron chi connectivity index (χ0n) is 11.9. The number of benzene rings is 2. The molecule has 0 bridgehead atoms. The van der Waals surface area contributed by atoms with Crippen LogP contribution in [0.2, 0.25) is 5.02 Å². The molecule has 3 nitrogen and oxygen atoms in total. The molecule has 0 saturated carbocycles. The smallest absolute Gasteiger partial charge is 0.255 e. The highest BCUT2D eigenvalue weighted by Gasteiger charge is 2.15. The van der Waals surface area contributed by atoms with E-state index in [1.54, 1.807) is 12.1 Å². The molecule has 1 heterocycles. The van der Waals surface area contributed by atoms with Crippen LogP contribution in [-0.2, 0) is 13.0 Å². The van der Waals surface area contributed by atoms with Gasteiger partial charge < -0.3 is 10.6 Å². The summed E-state index contributed by atoms with van der Waals surface area (Å²) < 4.78 is 0. The van der Waals surface area contributed by atoms with Crippen LogP contribution >= 0.6 is 11.6 Å². The van der Waals surface area contributed by atoms with Gasteiger partial charge in [-0.2, -0.15) is 0 Å². The van der Waals surface area contributed by atoms with Crippen LogP contribution in [0.15, 0.2) is 36.4 Å². The Kier molecular flexibility index (Phi) is 3.95. The van der Waals surface area contributed by atoms with E-state index in [0.29, 0.717) is 10.6 Å². The fourth-order valence-corrected chi connectivity index (χ4v) is 2.74. The summed E-state index contributed by atoms with van der Waals surface area (Å²) in [5.41, 5.74) is 4.90. The van der Waals surface area contributed by atoms with E-state index in [1.165, 1.54) is 11.1 Å². The molecule has 4 heteroatoms. The number of carbonyl (C=O) groups is 1. The van der Waals surface area contributed by atoms with Crippen molar-refractivity contribution >= 4 is 23.2 Å². The number of hydrogen-bond donors (Lipinski definition) is 2. The number of halogens is 1. The molecule has 2 N–H and O–H groups in total. The molecule has 0 unspecified atom stereocenters. The Morgan fingerprint density at radius 2 is 2.14 bits per heavy atom. The van der Waals surface area contributed by atoms with Crippen molar-refractivity contribution in [1.82, 2.24) is 5.32 Å². The van der Waals surface area contributed by atoms with Crippen molar-refractivity contribution < 1.29 is 4.79 Å². The molecule has 1 aliphatic rings. The topological polar surface area (TPSA) is 41.1 Å². The standard InChI is InChI=1S/C17H17ClN2O/c1-11-5-6-13(9-15(11)18)17(21)20-16-4-2-3-12-7-8-19-10-14(12)16/h2-6,9,19H,7-8,10H2,1H3,(H,20,21). The third-order valence-electron chi connectivity index (χ3n) is 3.83. The normalized spacial score (nSPS) is 13.6. The van der Waals surface area contributed by atoms with Gasteiger partial charge in [-0.25, -0.2) is 0 Å². The largest absolute Gasteiger partial charge is 0.322 e. The van der Waals surface area contributed by atoms with Crippen LogP contribution < -0.4 is 10.6 Å². The van der Waals surface area contributed by atoms with Gasteiger partial charge in [0.15, 0.2) is 0 Å². The Morgan fingerprint density at radius 1 is 1.29 bits per heavy atom. The van der Waals surface area contributed by atoms with E-state index in [-0.39, 0.29) is 5.91 Å². The maximum Gasteiger partial charge on any atom is 0.255 e. The molecule has 0 aliphatic carbocycles. The number of fused-ring (bicyclic) bond motifs is 1. The number of nitrogens with one attached hydrogen (secondary N) is 2. The van der Waals surface area contributed by atoms with E-state index in [4.69, 9.17) is 11.6 Å². The molecule has 21 heavy (non-hydrogen) atoms. The monoisotopic (exact) mass is 300 g/mol. The summed E-state index contributed by atoms with van der Waals surface area (Å²) in [6.07, 6.45) is 0.995. The zero-order chi connectivity index (χ0) is 14.8. The lowest BCUT2D eigenvalue weighted by Gasteiger charge is -2.20. The molecule has 3 rings (SSSR count). The molecule has 0 atom stereocenters. The van der Waals surface area contributed by atoms with E-state index < -0.39 is 0 Å². The predicted molar refractivity (Wildman–Crippen MR) is 86.0 cm³/mol. The van der Waals surface area contributed by atoms with Crippen LogP contribution in [0.25, 0.3) is 0 Å². The summed E-state index contributed by atoms with van der Waals surface area (Å²) in [5.74, 6) is -0.129. The molecule has 0 spiro atoms. The molecule has 1 amide bonds. The van der Waals surface area contributed by atoms with Crippen LogP contribution in [0.1, 0.15) is 27.0 Å². The van der Waals surface area contributed by atoms with Gasteiger partial charge in [0.1, 0.15) is 0 Å². The van der Waals surface area contributed by atoms with Crippen molar-refractivity contribution in [3.05, 3.63) is 63.7 Å². The number of anilines is 1. The molecular weight excluding hydrogens is 284 g/mol. The van der Waals surface area contributed by atoms with Gasteiger partial charge in [-0.3, -0.25) is 4.79 Å². The summed E-state index contributed by atoms with van der Waals surface area (Å²) in [6, 6.07) is 11.4. The summed E-state index contributed by atoms with van der Waals surface area (Å²) >= 11 is 6.09. The fraction of sp³-hybridized carbons (Fsp3) is 0.235. The van der Waals surface area contributed by atoms with Crippen molar-refractivity contribution in [2.24, 2.45) is 0 Å². The van der Waals surface area contributed by atoms with Gasteiger partial charge >= 0.3 is 0 Å². The van der Waals surface area contributed by atoms with Crippen LogP contribution in [0.4, 0.5) is 5.69 Å². The van der Waals surface area contributed by atoms with E-state index in [2.05, 4.69) is 16.7 Å². The van der Waals surface area contributed by atoms with Gasteiger partial charge in [-0.05, 0) is 54.8 Å². The molecule has 2 aromatic carbocycles. The van der Waals surface area contributed by atoms with Crippen LogP contribution in [-0.4, -0.2) is 12.5 Å². The lowest BCUT2D eigenvalue weighted by molar-refractivity contribution is 0.102. The average molecular weight is 301 g/mol. The second-order valence-electron chi connectivity index (χ2n) is 5.29. The lowest BCUT2D eigenvalue weighted by atomic mass is 9.99. The summed E-state index contributed by atoms with van der Waals surface area (Å²) in [6.45, 7) is 3.70. The van der Waals surface area contributed by atoms with E-state index in [1.807, 2.05) is 25.1 Å². The van der Waals surface area contributed by atoms with E-state index in [9.17, 15) is 4.79 Å². The van der Waals surface area contributed by atoms with Crippen molar-refractivity contribution in [1.29, 1.82) is 0 Å². The first-order valence-electron chi connectivity index (χ1n) is 7.04. The van der Waals surface area contributed by atoms with Gasteiger partial charge in [0, 0.05) is 22.8 Å². The van der Waals surface area contributed by atoms with Crippen molar-refractivity contribution in [2.45, 2.75) is 19.9 Å². The molecule has 0 radical (unpaired) electrons. The molecule has 0 saturated heterocycles. The summed E-state index contributed by atoms with van der Waals surface area (Å²) in [5, 5.41) is 6.94. The van der Waals surface area contributed by atoms with E-state index in [0.717, 1.165) is 30.8 Å². The average Bonchev–Trinajstić information content (AvgIpc) is 2.50. The first kappa shape index (κ1) is 14.1. The minimum atomic E-state index is -0.129. The SMILES string of the molecule is Cc1ccc(C(=O)Nc2cccc3c2CNCC3)cc1Cl. The molecule has 2 aromatic rings. The quantitative estimate of drug-likeness (QED) is 0.890. The highest BCUT2D eigenvalue weighted by Crippen LogP contribution is 2.24. The van der Waals surface area contributed by atoms with Crippen LogP contribution in [0, 0.1) is 6.92 Å². The number of carbonyl (C=O) groups excluding carboxylic acids is 1.